The molecule has 1 aromatic carbocycles. The Morgan fingerprint density at radius 2 is 1.59 bits per heavy atom. The molecule has 0 aliphatic rings. The minimum atomic E-state index is -3.81. The molecule has 0 radical (unpaired) electrons. The van der Waals surface area contributed by atoms with Gasteiger partial charge in [0, 0.05) is 5.02 Å². The van der Waals surface area contributed by atoms with E-state index in [1.54, 1.807) is 12.1 Å². The Labute approximate surface area is 105 Å². The summed E-state index contributed by atoms with van der Waals surface area (Å²) in [5.74, 6) is 0. The Bertz CT molecular complexity index is 553. The third kappa shape index (κ3) is 3.18. The summed E-state index contributed by atoms with van der Waals surface area (Å²) in [6.45, 7) is -0.725. The van der Waals surface area contributed by atoms with Crippen molar-refractivity contribution in [1.29, 1.82) is 10.5 Å². The number of nitriles is 2. The summed E-state index contributed by atoms with van der Waals surface area (Å²) in [5, 5.41) is 17.5. The van der Waals surface area contributed by atoms with Crippen LogP contribution in [-0.2, 0) is 10.0 Å². The van der Waals surface area contributed by atoms with Gasteiger partial charge in [-0.25, -0.2) is 8.42 Å². The van der Waals surface area contributed by atoms with Gasteiger partial charge in [-0.15, -0.1) is 0 Å². The van der Waals surface area contributed by atoms with Crippen LogP contribution in [0, 0.1) is 22.7 Å². The van der Waals surface area contributed by atoms with Gasteiger partial charge in [-0.1, -0.05) is 11.6 Å². The number of hydrogen-bond donors (Lipinski definition) is 0. The van der Waals surface area contributed by atoms with Gasteiger partial charge in [0.1, 0.15) is 13.1 Å². The molecule has 0 unspecified atom stereocenters. The van der Waals surface area contributed by atoms with Gasteiger partial charge in [-0.2, -0.15) is 14.8 Å². The molecule has 0 saturated heterocycles. The highest BCUT2D eigenvalue weighted by atomic mass is 35.5. The topological polar surface area (TPSA) is 85.0 Å². The van der Waals surface area contributed by atoms with Crippen LogP contribution < -0.4 is 0 Å². The number of benzene rings is 1. The zero-order chi connectivity index (χ0) is 12.9. The van der Waals surface area contributed by atoms with Gasteiger partial charge in [-0.3, -0.25) is 0 Å². The first kappa shape index (κ1) is 13.5. The Morgan fingerprint density at radius 3 is 2.00 bits per heavy atom. The van der Waals surface area contributed by atoms with E-state index in [1.165, 1.54) is 24.3 Å². The van der Waals surface area contributed by atoms with Crippen molar-refractivity contribution in [2.24, 2.45) is 0 Å². The van der Waals surface area contributed by atoms with Crippen LogP contribution in [0.15, 0.2) is 29.2 Å². The van der Waals surface area contributed by atoms with Crippen molar-refractivity contribution >= 4 is 21.6 Å². The van der Waals surface area contributed by atoms with E-state index in [9.17, 15) is 8.42 Å². The predicted molar refractivity (Wildman–Crippen MR) is 61.4 cm³/mol. The van der Waals surface area contributed by atoms with E-state index in [2.05, 4.69) is 0 Å². The largest absolute Gasteiger partial charge is 0.244 e. The van der Waals surface area contributed by atoms with E-state index in [-0.39, 0.29) is 18.0 Å². The van der Waals surface area contributed by atoms with Crippen molar-refractivity contribution in [3.8, 4) is 12.1 Å². The Morgan fingerprint density at radius 1 is 1.12 bits per heavy atom. The van der Waals surface area contributed by atoms with Gasteiger partial charge < -0.3 is 0 Å². The highest BCUT2D eigenvalue weighted by molar-refractivity contribution is 7.89. The molecule has 17 heavy (non-hydrogen) atoms. The molecule has 0 N–H and O–H groups in total. The van der Waals surface area contributed by atoms with Crippen LogP contribution in [0.25, 0.3) is 0 Å². The van der Waals surface area contributed by atoms with E-state index in [1.807, 2.05) is 0 Å². The van der Waals surface area contributed by atoms with Crippen molar-refractivity contribution in [1.82, 2.24) is 4.31 Å². The lowest BCUT2D eigenvalue weighted by Gasteiger charge is -2.15. The summed E-state index contributed by atoms with van der Waals surface area (Å²) in [5.41, 5.74) is 0. The van der Waals surface area contributed by atoms with Gasteiger partial charge in [0.05, 0.1) is 17.0 Å². The second kappa shape index (κ2) is 5.65. The van der Waals surface area contributed by atoms with Crippen molar-refractivity contribution in [2.45, 2.75) is 4.90 Å². The van der Waals surface area contributed by atoms with Gasteiger partial charge in [0.15, 0.2) is 0 Å². The molecular formula is C10H8ClN3O2S. The van der Waals surface area contributed by atoms with E-state index in [0.29, 0.717) is 5.02 Å². The van der Waals surface area contributed by atoms with Crippen LogP contribution in [0.5, 0.6) is 0 Å². The molecule has 0 amide bonds. The summed E-state index contributed by atoms with van der Waals surface area (Å²) in [6.07, 6.45) is 0. The number of nitrogens with zero attached hydrogens (tertiary/aromatic N) is 3. The summed E-state index contributed by atoms with van der Waals surface area (Å²) < 4.78 is 24.8. The molecule has 0 heterocycles. The first-order valence-corrected chi connectivity index (χ1v) is 6.34. The molecule has 0 aromatic heterocycles. The number of sulfonamides is 1. The van der Waals surface area contributed by atoms with Crippen LogP contribution in [0.2, 0.25) is 5.02 Å². The van der Waals surface area contributed by atoms with Crippen LogP contribution in [0.1, 0.15) is 0 Å². The lowest BCUT2D eigenvalue weighted by Crippen LogP contribution is -2.31. The molecule has 1 rings (SSSR count). The van der Waals surface area contributed by atoms with Gasteiger partial charge >= 0.3 is 0 Å². The average Bonchev–Trinajstić information content (AvgIpc) is 2.29. The van der Waals surface area contributed by atoms with Crippen LogP contribution in [0.4, 0.5) is 0 Å². The Balaban J connectivity index is 3.13. The van der Waals surface area contributed by atoms with Crippen molar-refractivity contribution < 1.29 is 8.42 Å². The molecule has 0 saturated carbocycles. The molecule has 0 aliphatic carbocycles. The van der Waals surface area contributed by atoms with E-state index < -0.39 is 10.0 Å². The first-order chi connectivity index (χ1) is 8.02. The van der Waals surface area contributed by atoms with Gasteiger partial charge in [0.2, 0.25) is 10.0 Å². The molecule has 88 valence electrons. The molecular weight excluding hydrogens is 262 g/mol. The highest BCUT2D eigenvalue weighted by Crippen LogP contribution is 2.17. The lowest BCUT2D eigenvalue weighted by atomic mass is 10.4. The second-order valence-electron chi connectivity index (χ2n) is 3.04. The summed E-state index contributed by atoms with van der Waals surface area (Å²) in [7, 11) is -3.81. The normalized spacial score (nSPS) is 10.8. The highest BCUT2D eigenvalue weighted by Gasteiger charge is 2.23. The average molecular weight is 270 g/mol. The smallest absolute Gasteiger partial charge is 0.207 e. The van der Waals surface area contributed by atoms with Gasteiger partial charge in [0.25, 0.3) is 0 Å². The molecule has 1 aromatic rings. The van der Waals surface area contributed by atoms with E-state index in [4.69, 9.17) is 22.1 Å². The maximum Gasteiger partial charge on any atom is 0.244 e. The zero-order valence-corrected chi connectivity index (χ0v) is 10.2. The minimum absolute atomic E-state index is 0.00685. The maximum atomic E-state index is 12.0. The van der Waals surface area contributed by atoms with Gasteiger partial charge in [-0.05, 0) is 24.3 Å². The summed E-state index contributed by atoms with van der Waals surface area (Å²) >= 11 is 5.65. The third-order valence-electron chi connectivity index (χ3n) is 1.95. The molecule has 7 heteroatoms. The van der Waals surface area contributed by atoms with E-state index >= 15 is 0 Å². The Kier molecular flexibility index (Phi) is 4.47. The third-order valence-corrected chi connectivity index (χ3v) is 4.00. The second-order valence-corrected chi connectivity index (χ2v) is 5.42. The fraction of sp³-hybridized carbons (Fsp3) is 0.200. The van der Waals surface area contributed by atoms with Crippen molar-refractivity contribution in [2.75, 3.05) is 13.1 Å². The van der Waals surface area contributed by atoms with Crippen LogP contribution >= 0.6 is 11.6 Å². The number of hydrogen-bond acceptors (Lipinski definition) is 4. The maximum absolute atomic E-state index is 12.0. The fourth-order valence-electron chi connectivity index (χ4n) is 1.14. The molecule has 0 aliphatic heterocycles. The van der Waals surface area contributed by atoms with Crippen molar-refractivity contribution in [3.63, 3.8) is 0 Å². The molecule has 0 bridgehead atoms. The van der Waals surface area contributed by atoms with Crippen molar-refractivity contribution in [3.05, 3.63) is 29.3 Å². The molecule has 0 spiro atoms. The standard InChI is InChI=1S/C10H8ClN3O2S/c11-9-1-3-10(4-2-9)17(15,16)14(7-5-12)8-6-13/h1-4H,7-8H2. The monoisotopic (exact) mass is 269 g/mol. The SMILES string of the molecule is N#CCN(CC#N)S(=O)(=O)c1ccc(Cl)cc1. The number of halogens is 1. The quantitative estimate of drug-likeness (QED) is 0.773. The lowest BCUT2D eigenvalue weighted by molar-refractivity contribution is 0.479. The molecule has 0 atom stereocenters. The van der Waals surface area contributed by atoms with Crippen LogP contribution in [0.3, 0.4) is 0 Å². The first-order valence-electron chi connectivity index (χ1n) is 4.52. The predicted octanol–water partition coefficient (Wildman–Crippen LogP) is 1.38. The van der Waals surface area contributed by atoms with Crippen LogP contribution in [-0.4, -0.2) is 25.8 Å². The summed E-state index contributed by atoms with van der Waals surface area (Å²) in [4.78, 5) is 0.00685. The zero-order valence-electron chi connectivity index (χ0n) is 8.67. The minimum Gasteiger partial charge on any atom is -0.207 e. The Hall–Kier alpha value is -1.60. The molecule has 5 nitrogen and oxygen atoms in total. The van der Waals surface area contributed by atoms with E-state index in [0.717, 1.165) is 4.31 Å². The molecule has 0 fully saturated rings. The fourth-order valence-corrected chi connectivity index (χ4v) is 2.50. The number of rotatable bonds is 4. The summed E-state index contributed by atoms with van der Waals surface area (Å²) in [6, 6.07) is 8.96.